The van der Waals surface area contributed by atoms with E-state index in [2.05, 4.69) is 4.72 Å². The summed E-state index contributed by atoms with van der Waals surface area (Å²) in [7, 11) is -1.48. The van der Waals surface area contributed by atoms with Crippen molar-refractivity contribution >= 4 is 15.7 Å². The number of nitrogens with one attached hydrogen (secondary N) is 1. The van der Waals surface area contributed by atoms with E-state index >= 15 is 0 Å². The van der Waals surface area contributed by atoms with Gasteiger partial charge in [0, 0.05) is 25.8 Å². The summed E-state index contributed by atoms with van der Waals surface area (Å²) >= 11 is 0. The number of aliphatic hydroxyl groups is 1. The summed E-state index contributed by atoms with van der Waals surface area (Å²) in [5.41, 5.74) is 0.931. The van der Waals surface area contributed by atoms with E-state index in [0.29, 0.717) is 13.0 Å². The second-order valence-corrected chi connectivity index (χ2v) is 6.72. The lowest BCUT2D eigenvalue weighted by Crippen LogP contribution is -2.25. The molecule has 1 atom stereocenters. The first kappa shape index (κ1) is 16.9. The van der Waals surface area contributed by atoms with Crippen molar-refractivity contribution in [3.05, 3.63) is 24.3 Å². The fraction of sp³-hybridized carbons (Fsp3) is 0.571. The van der Waals surface area contributed by atoms with Gasteiger partial charge in [0.05, 0.1) is 11.0 Å². The summed E-state index contributed by atoms with van der Waals surface area (Å²) in [6.45, 7) is 4.84. The van der Waals surface area contributed by atoms with Gasteiger partial charge in [0.1, 0.15) is 0 Å². The summed E-state index contributed by atoms with van der Waals surface area (Å²) in [4.78, 5) is 2.27. The first-order valence-corrected chi connectivity index (χ1v) is 8.34. The molecule has 0 aliphatic rings. The van der Waals surface area contributed by atoms with Crippen molar-refractivity contribution in [1.29, 1.82) is 0 Å². The Kier molecular flexibility index (Phi) is 6.45. The van der Waals surface area contributed by atoms with E-state index in [1.807, 2.05) is 18.9 Å². The van der Waals surface area contributed by atoms with Crippen molar-refractivity contribution in [1.82, 2.24) is 4.72 Å². The van der Waals surface area contributed by atoms with Crippen LogP contribution in [0.15, 0.2) is 29.2 Å². The Morgan fingerprint density at radius 1 is 1.30 bits per heavy atom. The predicted octanol–water partition coefficient (Wildman–Crippen LogP) is 1.58. The zero-order valence-electron chi connectivity index (χ0n) is 12.3. The lowest BCUT2D eigenvalue weighted by atomic mass is 10.2. The van der Waals surface area contributed by atoms with Gasteiger partial charge in [-0.25, -0.2) is 13.1 Å². The second kappa shape index (κ2) is 7.61. The minimum absolute atomic E-state index is 0.277. The molecule has 0 aliphatic carbocycles. The predicted molar refractivity (Wildman–Crippen MR) is 81.5 cm³/mol. The molecule has 0 spiro atoms. The number of benzene rings is 1. The molecule has 0 amide bonds. The van der Waals surface area contributed by atoms with Gasteiger partial charge in [0.15, 0.2) is 0 Å². The molecule has 1 rings (SSSR count). The Labute approximate surface area is 121 Å². The summed E-state index contributed by atoms with van der Waals surface area (Å²) in [6, 6.07) is 6.77. The largest absolute Gasteiger partial charge is 0.393 e. The minimum atomic E-state index is -3.40. The normalized spacial score (nSPS) is 13.2. The van der Waals surface area contributed by atoms with E-state index in [9.17, 15) is 13.5 Å². The van der Waals surface area contributed by atoms with Gasteiger partial charge in [0.25, 0.3) is 0 Å². The summed E-state index contributed by atoms with van der Waals surface area (Å²) in [5.74, 6) is 0. The summed E-state index contributed by atoms with van der Waals surface area (Å²) in [6.07, 6.45) is 1.10. The van der Waals surface area contributed by atoms with Crippen LogP contribution < -0.4 is 9.62 Å². The third-order valence-electron chi connectivity index (χ3n) is 3.01. The van der Waals surface area contributed by atoms with Gasteiger partial charge in [-0.15, -0.1) is 0 Å². The Morgan fingerprint density at radius 2 is 1.90 bits per heavy atom. The molecular formula is C14H24N2O3S. The van der Waals surface area contributed by atoms with Crippen molar-refractivity contribution < 1.29 is 13.5 Å². The fourth-order valence-electron chi connectivity index (χ4n) is 1.71. The molecule has 1 aromatic rings. The smallest absolute Gasteiger partial charge is 0.240 e. The van der Waals surface area contributed by atoms with Crippen LogP contribution in [0.25, 0.3) is 0 Å². The molecule has 2 N–H and O–H groups in total. The Balaban J connectivity index is 2.73. The number of nitrogens with zero attached hydrogens (tertiary/aromatic N) is 1. The minimum Gasteiger partial charge on any atom is -0.393 e. The summed E-state index contributed by atoms with van der Waals surface area (Å²) < 4.78 is 26.4. The van der Waals surface area contributed by atoms with Crippen LogP contribution in [0.1, 0.15) is 26.7 Å². The molecule has 5 nitrogen and oxygen atoms in total. The third-order valence-corrected chi connectivity index (χ3v) is 4.49. The van der Waals surface area contributed by atoms with Crippen LogP contribution in [0.3, 0.4) is 0 Å². The van der Waals surface area contributed by atoms with Crippen LogP contribution in [0.4, 0.5) is 5.69 Å². The third kappa shape index (κ3) is 5.11. The molecular weight excluding hydrogens is 276 g/mol. The number of hydrogen-bond donors (Lipinski definition) is 2. The van der Waals surface area contributed by atoms with Crippen LogP contribution in [0.5, 0.6) is 0 Å². The van der Waals surface area contributed by atoms with Crippen molar-refractivity contribution in [2.24, 2.45) is 0 Å². The van der Waals surface area contributed by atoms with E-state index in [-0.39, 0.29) is 11.0 Å². The zero-order valence-corrected chi connectivity index (χ0v) is 13.2. The van der Waals surface area contributed by atoms with Crippen molar-refractivity contribution in [2.45, 2.75) is 37.7 Å². The first-order valence-electron chi connectivity index (χ1n) is 6.85. The van der Waals surface area contributed by atoms with Crippen molar-refractivity contribution in [2.75, 3.05) is 25.0 Å². The van der Waals surface area contributed by atoms with Crippen LogP contribution in [0, 0.1) is 0 Å². The average molecular weight is 300 g/mol. The quantitative estimate of drug-likeness (QED) is 0.765. The lowest BCUT2D eigenvalue weighted by molar-refractivity contribution is 0.187. The van der Waals surface area contributed by atoms with Gasteiger partial charge < -0.3 is 10.0 Å². The lowest BCUT2D eigenvalue weighted by Gasteiger charge is -2.20. The van der Waals surface area contributed by atoms with Gasteiger partial charge in [0.2, 0.25) is 10.0 Å². The summed E-state index contributed by atoms with van der Waals surface area (Å²) in [5, 5.41) is 9.27. The van der Waals surface area contributed by atoms with E-state index in [1.54, 1.807) is 31.2 Å². The second-order valence-electron chi connectivity index (χ2n) is 4.95. The van der Waals surface area contributed by atoms with E-state index in [4.69, 9.17) is 0 Å². The van der Waals surface area contributed by atoms with Crippen molar-refractivity contribution in [3.63, 3.8) is 0 Å². The van der Waals surface area contributed by atoms with Crippen LogP contribution in [-0.2, 0) is 10.0 Å². The van der Waals surface area contributed by atoms with Crippen LogP contribution in [0.2, 0.25) is 0 Å². The monoisotopic (exact) mass is 300 g/mol. The Hall–Kier alpha value is -1.11. The average Bonchev–Trinajstić information content (AvgIpc) is 2.42. The highest BCUT2D eigenvalue weighted by molar-refractivity contribution is 7.89. The SMILES string of the molecule is CCCNS(=O)(=O)c1ccc(N(C)CCC(C)O)cc1. The molecule has 0 heterocycles. The van der Waals surface area contributed by atoms with Gasteiger partial charge in [-0.3, -0.25) is 0 Å². The highest BCUT2D eigenvalue weighted by Gasteiger charge is 2.13. The van der Waals surface area contributed by atoms with Gasteiger partial charge in [-0.1, -0.05) is 6.92 Å². The van der Waals surface area contributed by atoms with Crippen LogP contribution >= 0.6 is 0 Å². The van der Waals surface area contributed by atoms with E-state index in [1.165, 1.54) is 0 Å². The number of sulfonamides is 1. The maximum atomic E-state index is 11.9. The molecule has 0 bridgehead atoms. The Bertz CT molecular complexity index is 498. The maximum absolute atomic E-state index is 11.9. The van der Waals surface area contributed by atoms with Gasteiger partial charge in [-0.2, -0.15) is 0 Å². The standard InChI is InChI=1S/C14H24N2O3S/c1-4-10-15-20(18,19)14-7-5-13(6-8-14)16(3)11-9-12(2)17/h5-8,12,15,17H,4,9-11H2,1-3H3. The number of hydrogen-bond acceptors (Lipinski definition) is 4. The molecule has 6 heteroatoms. The molecule has 1 aromatic carbocycles. The highest BCUT2D eigenvalue weighted by atomic mass is 32.2. The molecule has 0 radical (unpaired) electrons. The highest BCUT2D eigenvalue weighted by Crippen LogP contribution is 2.17. The molecule has 1 unspecified atom stereocenters. The molecule has 0 fully saturated rings. The zero-order chi connectivity index (χ0) is 15.2. The topological polar surface area (TPSA) is 69.6 Å². The number of aliphatic hydroxyl groups excluding tert-OH is 1. The molecule has 0 aliphatic heterocycles. The van der Waals surface area contributed by atoms with Crippen molar-refractivity contribution in [3.8, 4) is 0 Å². The fourth-order valence-corrected chi connectivity index (χ4v) is 2.84. The maximum Gasteiger partial charge on any atom is 0.240 e. The van der Waals surface area contributed by atoms with E-state index in [0.717, 1.165) is 18.7 Å². The van der Waals surface area contributed by atoms with Gasteiger partial charge >= 0.3 is 0 Å². The Morgan fingerprint density at radius 3 is 2.40 bits per heavy atom. The molecule has 114 valence electrons. The van der Waals surface area contributed by atoms with Crippen LogP contribution in [-0.4, -0.2) is 39.8 Å². The first-order chi connectivity index (χ1) is 9.36. The molecule has 0 saturated heterocycles. The number of anilines is 1. The van der Waals surface area contributed by atoms with E-state index < -0.39 is 10.0 Å². The van der Waals surface area contributed by atoms with Gasteiger partial charge in [-0.05, 0) is 44.0 Å². The molecule has 20 heavy (non-hydrogen) atoms. The molecule has 0 aromatic heterocycles. The molecule has 0 saturated carbocycles. The number of rotatable bonds is 8.